The molecule has 1 saturated carbocycles. The molecular formula is C14H26N2O3S. The van der Waals surface area contributed by atoms with Gasteiger partial charge in [-0.05, 0) is 52.0 Å². The summed E-state index contributed by atoms with van der Waals surface area (Å²) in [6.45, 7) is 5.40. The lowest BCUT2D eigenvalue weighted by molar-refractivity contribution is -0.134. The molecule has 5 nitrogen and oxygen atoms in total. The number of nitrogens with zero attached hydrogens (tertiary/aromatic N) is 1. The zero-order valence-corrected chi connectivity index (χ0v) is 13.5. The van der Waals surface area contributed by atoms with Crippen LogP contribution >= 0.6 is 0 Å². The number of hydrogen-bond acceptors (Lipinski definition) is 4. The number of carbonyl (C=O) groups excluding carboxylic acids is 1. The second kappa shape index (κ2) is 5.64. The zero-order valence-electron chi connectivity index (χ0n) is 12.7. The van der Waals surface area contributed by atoms with Gasteiger partial charge in [0.1, 0.15) is 4.75 Å². The Morgan fingerprint density at radius 2 is 1.75 bits per heavy atom. The highest BCUT2D eigenvalue weighted by Gasteiger charge is 2.42. The van der Waals surface area contributed by atoms with E-state index in [-0.39, 0.29) is 5.91 Å². The van der Waals surface area contributed by atoms with Gasteiger partial charge in [-0.15, -0.1) is 0 Å². The van der Waals surface area contributed by atoms with Gasteiger partial charge >= 0.3 is 0 Å². The van der Waals surface area contributed by atoms with Crippen molar-refractivity contribution in [1.82, 2.24) is 10.2 Å². The molecule has 6 heteroatoms. The van der Waals surface area contributed by atoms with Crippen molar-refractivity contribution in [1.29, 1.82) is 0 Å². The number of hydrogen-bond donors (Lipinski definition) is 1. The van der Waals surface area contributed by atoms with E-state index in [1.165, 1.54) is 26.7 Å². The standard InChI is InChI=1S/C14H26N2O3S/c1-14(2,20(3,18)19)13(17)16-8-6-12(7-9-16)15-10-11-4-5-11/h11-12,15H,4-10H2,1-3H3. The van der Waals surface area contributed by atoms with Crippen LogP contribution in [-0.4, -0.2) is 55.9 Å². The molecule has 0 bridgehead atoms. The van der Waals surface area contributed by atoms with Crippen molar-refractivity contribution >= 4 is 15.7 Å². The minimum absolute atomic E-state index is 0.263. The minimum atomic E-state index is -3.38. The fourth-order valence-corrected chi connectivity index (χ4v) is 2.93. The Hall–Kier alpha value is -0.620. The van der Waals surface area contributed by atoms with Crippen molar-refractivity contribution in [3.63, 3.8) is 0 Å². The van der Waals surface area contributed by atoms with Gasteiger partial charge in [0.05, 0.1) is 0 Å². The zero-order chi connectivity index (χ0) is 15.0. The molecule has 0 aromatic heterocycles. The van der Waals surface area contributed by atoms with Gasteiger partial charge < -0.3 is 10.2 Å². The predicted molar refractivity (Wildman–Crippen MR) is 79.3 cm³/mol. The number of carbonyl (C=O) groups is 1. The lowest BCUT2D eigenvalue weighted by Crippen LogP contribution is -2.53. The van der Waals surface area contributed by atoms with Gasteiger partial charge in [-0.3, -0.25) is 4.79 Å². The van der Waals surface area contributed by atoms with Crippen molar-refractivity contribution in [2.75, 3.05) is 25.9 Å². The van der Waals surface area contributed by atoms with E-state index >= 15 is 0 Å². The molecule has 1 saturated heterocycles. The molecule has 0 atom stereocenters. The highest BCUT2D eigenvalue weighted by molar-refractivity contribution is 7.92. The molecule has 2 fully saturated rings. The molecule has 0 unspecified atom stereocenters. The summed E-state index contributed by atoms with van der Waals surface area (Å²) in [4.78, 5) is 14.1. The first-order valence-corrected chi connectivity index (χ1v) is 9.33. The molecule has 2 aliphatic rings. The van der Waals surface area contributed by atoms with Gasteiger partial charge in [0.15, 0.2) is 9.84 Å². The summed E-state index contributed by atoms with van der Waals surface area (Å²) in [5, 5.41) is 3.56. The van der Waals surface area contributed by atoms with Crippen LogP contribution in [0.2, 0.25) is 0 Å². The van der Waals surface area contributed by atoms with Crippen LogP contribution in [0.15, 0.2) is 0 Å². The number of piperidine rings is 1. The van der Waals surface area contributed by atoms with Crippen molar-refractivity contribution in [2.45, 2.75) is 50.3 Å². The van der Waals surface area contributed by atoms with Crippen LogP contribution < -0.4 is 5.32 Å². The summed E-state index contributed by atoms with van der Waals surface area (Å²) in [5.41, 5.74) is 0. The summed E-state index contributed by atoms with van der Waals surface area (Å²) in [6.07, 6.45) is 5.64. The average Bonchev–Trinajstić information content (AvgIpc) is 3.19. The van der Waals surface area contributed by atoms with Crippen molar-refractivity contribution in [2.24, 2.45) is 5.92 Å². The summed E-state index contributed by atoms with van der Waals surface area (Å²) in [6, 6.07) is 0.473. The first-order valence-electron chi connectivity index (χ1n) is 7.44. The smallest absolute Gasteiger partial charge is 0.243 e. The molecule has 20 heavy (non-hydrogen) atoms. The van der Waals surface area contributed by atoms with Crippen LogP contribution in [0.1, 0.15) is 39.5 Å². The summed E-state index contributed by atoms with van der Waals surface area (Å²) in [7, 11) is -3.38. The van der Waals surface area contributed by atoms with Crippen molar-refractivity contribution in [3.05, 3.63) is 0 Å². The highest BCUT2D eigenvalue weighted by Crippen LogP contribution is 2.28. The maximum absolute atomic E-state index is 12.4. The van der Waals surface area contributed by atoms with Gasteiger partial charge in [0, 0.05) is 25.4 Å². The normalized spacial score (nSPS) is 22.1. The molecule has 2 rings (SSSR count). The predicted octanol–water partition coefficient (Wildman–Crippen LogP) is 0.800. The van der Waals surface area contributed by atoms with E-state index in [0.29, 0.717) is 19.1 Å². The minimum Gasteiger partial charge on any atom is -0.341 e. The molecule has 0 spiro atoms. The quantitative estimate of drug-likeness (QED) is 0.816. The number of likely N-dealkylation sites (tertiary alicyclic amines) is 1. The Bertz CT molecular complexity index is 461. The number of sulfone groups is 1. The average molecular weight is 302 g/mol. The fraction of sp³-hybridized carbons (Fsp3) is 0.929. The summed E-state index contributed by atoms with van der Waals surface area (Å²) >= 11 is 0. The van der Waals surface area contributed by atoms with E-state index in [1.54, 1.807) is 4.90 Å². The Morgan fingerprint density at radius 1 is 1.20 bits per heavy atom. The van der Waals surface area contributed by atoms with E-state index < -0.39 is 14.6 Å². The van der Waals surface area contributed by atoms with E-state index in [0.717, 1.165) is 31.6 Å². The topological polar surface area (TPSA) is 66.5 Å². The Morgan fingerprint density at radius 3 is 2.20 bits per heavy atom. The second-order valence-electron chi connectivity index (χ2n) is 6.70. The molecule has 1 aliphatic carbocycles. The molecule has 1 heterocycles. The van der Waals surface area contributed by atoms with Gasteiger partial charge in [-0.1, -0.05) is 0 Å². The van der Waals surface area contributed by atoms with Gasteiger partial charge in [0.25, 0.3) is 0 Å². The van der Waals surface area contributed by atoms with E-state index in [9.17, 15) is 13.2 Å². The maximum atomic E-state index is 12.4. The van der Waals surface area contributed by atoms with E-state index in [4.69, 9.17) is 0 Å². The fourth-order valence-electron chi connectivity index (χ4n) is 2.48. The number of nitrogens with one attached hydrogen (secondary N) is 1. The Labute approximate surface area is 122 Å². The van der Waals surface area contributed by atoms with E-state index in [1.807, 2.05) is 0 Å². The molecule has 1 aliphatic heterocycles. The molecule has 0 aromatic carbocycles. The van der Waals surface area contributed by atoms with Crippen LogP contribution in [0.5, 0.6) is 0 Å². The monoisotopic (exact) mass is 302 g/mol. The largest absolute Gasteiger partial charge is 0.341 e. The molecule has 1 N–H and O–H groups in total. The molecule has 0 radical (unpaired) electrons. The van der Waals surface area contributed by atoms with Crippen LogP contribution in [-0.2, 0) is 14.6 Å². The van der Waals surface area contributed by atoms with Gasteiger partial charge in [-0.25, -0.2) is 8.42 Å². The first-order chi connectivity index (χ1) is 9.22. The molecule has 1 amide bonds. The SMILES string of the molecule is CC(C)(C(=O)N1CCC(NCC2CC2)CC1)S(C)(=O)=O. The van der Waals surface area contributed by atoms with Crippen molar-refractivity contribution < 1.29 is 13.2 Å². The van der Waals surface area contributed by atoms with Crippen LogP contribution in [0.4, 0.5) is 0 Å². The van der Waals surface area contributed by atoms with Crippen molar-refractivity contribution in [3.8, 4) is 0 Å². The van der Waals surface area contributed by atoms with Crippen LogP contribution in [0.25, 0.3) is 0 Å². The molecular weight excluding hydrogens is 276 g/mol. The number of rotatable bonds is 5. The lowest BCUT2D eigenvalue weighted by atomic mass is 10.0. The summed E-state index contributed by atoms with van der Waals surface area (Å²) in [5.74, 6) is 0.597. The lowest BCUT2D eigenvalue weighted by Gasteiger charge is -2.36. The van der Waals surface area contributed by atoms with E-state index in [2.05, 4.69) is 5.32 Å². The maximum Gasteiger partial charge on any atom is 0.243 e. The number of amides is 1. The van der Waals surface area contributed by atoms with Crippen LogP contribution in [0.3, 0.4) is 0 Å². The van der Waals surface area contributed by atoms with Gasteiger partial charge in [-0.2, -0.15) is 0 Å². The third-order valence-corrected chi connectivity index (χ3v) is 6.64. The Kier molecular flexibility index (Phi) is 4.44. The Balaban J connectivity index is 1.84. The van der Waals surface area contributed by atoms with Crippen LogP contribution in [0, 0.1) is 5.92 Å². The molecule has 0 aromatic rings. The third kappa shape index (κ3) is 3.52. The highest BCUT2D eigenvalue weighted by atomic mass is 32.2. The summed E-state index contributed by atoms with van der Waals surface area (Å²) < 4.78 is 22.1. The van der Waals surface area contributed by atoms with Gasteiger partial charge in [0.2, 0.25) is 5.91 Å². The first kappa shape index (κ1) is 15.8. The molecule has 116 valence electrons. The third-order valence-electron chi connectivity index (χ3n) is 4.62. The second-order valence-corrected chi connectivity index (χ2v) is 9.27.